The fourth-order valence-corrected chi connectivity index (χ4v) is 13.7. The molecule has 1 aliphatic carbocycles. The zero-order valence-electron chi connectivity index (χ0n) is 53.8. The highest BCUT2D eigenvalue weighted by molar-refractivity contribution is 7.89. The Morgan fingerprint density at radius 2 is 1.47 bits per heavy atom. The fourth-order valence-electron chi connectivity index (χ4n) is 11.6. The van der Waals surface area contributed by atoms with Crippen LogP contribution in [0.4, 0.5) is 0 Å². The van der Waals surface area contributed by atoms with Gasteiger partial charge in [0.2, 0.25) is 38.8 Å². The first-order valence-electron chi connectivity index (χ1n) is 32.6. The van der Waals surface area contributed by atoms with Crippen molar-refractivity contribution in [2.24, 2.45) is 16.5 Å². The quantitative estimate of drug-likeness (QED) is 0.0190. The van der Waals surface area contributed by atoms with Crippen LogP contribution in [0.5, 0.6) is 0 Å². The van der Waals surface area contributed by atoms with Crippen LogP contribution >= 0.6 is 22.7 Å². The number of nitrogens with one attached hydrogen (secondary N) is 3. The highest BCUT2D eigenvalue weighted by Gasteiger charge is 2.45. The van der Waals surface area contributed by atoms with Crippen LogP contribution in [-0.2, 0) is 59.9 Å². The van der Waals surface area contributed by atoms with E-state index in [0.717, 1.165) is 144 Å². The number of hydrogen-bond donors (Lipinski definition) is 5. The molecule has 0 spiro atoms. The number of aryl methyl sites for hydroxylation is 1. The smallest absolute Gasteiger partial charge is 0.355 e. The van der Waals surface area contributed by atoms with E-state index in [1.54, 1.807) is 33.1 Å². The lowest BCUT2D eigenvalue weighted by atomic mass is 9.85. The number of ether oxygens (including phenoxy) is 1. The number of nitrogens with zero attached hydrogens (tertiary/aromatic N) is 5. The van der Waals surface area contributed by atoms with Crippen LogP contribution in [-0.4, -0.2) is 99.0 Å². The van der Waals surface area contributed by atoms with Gasteiger partial charge in [-0.1, -0.05) is 156 Å². The number of carboxylic acids is 1. The van der Waals surface area contributed by atoms with Crippen molar-refractivity contribution in [2.75, 3.05) is 13.1 Å². The molecule has 492 valence electrons. The van der Waals surface area contributed by atoms with E-state index in [1.165, 1.54) is 28.8 Å². The summed E-state index contributed by atoms with van der Waals surface area (Å²) in [5.74, 6) is 5.31. The minimum atomic E-state index is -3.87. The molecule has 93 heavy (non-hydrogen) atoms. The van der Waals surface area contributed by atoms with Crippen molar-refractivity contribution < 1.29 is 42.2 Å². The number of likely N-dealkylation sites (tertiary alicyclic amines) is 1. The molecular formula is C72H87N9O9S3. The molecule has 3 atom stereocenters. The second-order valence-corrected chi connectivity index (χ2v) is 28.9. The SMILES string of the molecule is Cc1ncsc1-c1ccc(CNC(=O)[C@@H]2C[C@@H](OCc3ccccc3)CN2C(=O)[C@@H](NC(=O)CCCCCCCCCCCC(=O)NCCCCC#Cc2cccc(-c3nn(-c4nc(C(=O)O)cs4)c(CC4CC4)c3Cc3ccc(S(N)(=O)=O)cc3)c2)C(C)(C)C)cc1. The highest BCUT2D eigenvalue weighted by atomic mass is 32.2. The molecule has 0 radical (unpaired) electrons. The van der Waals surface area contributed by atoms with E-state index in [-0.39, 0.29) is 46.9 Å². The van der Waals surface area contributed by atoms with Crippen LogP contribution in [0.3, 0.4) is 0 Å². The Hall–Kier alpha value is -7.87. The summed E-state index contributed by atoms with van der Waals surface area (Å²) in [6, 6.07) is 30.7. The number of nitrogens with two attached hydrogens (primary N) is 1. The number of hydrogen-bond acceptors (Lipinski definition) is 13. The third-order valence-corrected chi connectivity index (χ3v) is 19.8. The summed E-state index contributed by atoms with van der Waals surface area (Å²) in [6.45, 7) is 9.29. The Labute approximate surface area is 555 Å². The Kier molecular flexibility index (Phi) is 24.9. The van der Waals surface area contributed by atoms with E-state index in [9.17, 15) is 37.5 Å². The average Bonchev–Trinajstić information content (AvgIpc) is 1.63. The van der Waals surface area contributed by atoms with Crippen molar-refractivity contribution in [1.29, 1.82) is 0 Å². The monoisotopic (exact) mass is 1320 g/mol. The Morgan fingerprint density at radius 1 is 0.785 bits per heavy atom. The number of unbranched alkanes of at least 4 members (excludes halogenated alkanes) is 10. The summed E-state index contributed by atoms with van der Waals surface area (Å²) < 4.78 is 32.1. The zero-order chi connectivity index (χ0) is 65.9. The van der Waals surface area contributed by atoms with Gasteiger partial charge in [-0.15, -0.1) is 22.7 Å². The number of thiazole rings is 2. The van der Waals surface area contributed by atoms with E-state index in [0.29, 0.717) is 69.3 Å². The second kappa shape index (κ2) is 33.3. The first-order valence-corrected chi connectivity index (χ1v) is 35.9. The molecule has 2 fully saturated rings. The number of carbonyl (C=O) groups excluding carboxylic acids is 4. The van der Waals surface area contributed by atoms with Gasteiger partial charge in [0.25, 0.3) is 0 Å². The molecule has 21 heteroatoms. The summed E-state index contributed by atoms with van der Waals surface area (Å²) in [7, 11) is -3.87. The number of sulfonamides is 1. The molecule has 1 aliphatic heterocycles. The molecule has 2 aliphatic rings. The topological polar surface area (TPSA) is 258 Å². The van der Waals surface area contributed by atoms with Crippen LogP contribution in [0.15, 0.2) is 119 Å². The maximum Gasteiger partial charge on any atom is 0.355 e. The fraction of sp³-hybridized carbons (Fsp3) is 0.444. The van der Waals surface area contributed by atoms with Gasteiger partial charge in [-0.25, -0.2) is 33.0 Å². The van der Waals surface area contributed by atoms with Crippen molar-refractivity contribution >= 4 is 62.3 Å². The van der Waals surface area contributed by atoms with E-state index in [1.807, 2.05) is 112 Å². The van der Waals surface area contributed by atoms with Gasteiger partial charge in [-0.2, -0.15) is 5.10 Å². The molecule has 0 unspecified atom stereocenters. The van der Waals surface area contributed by atoms with Crippen molar-refractivity contribution in [3.8, 4) is 38.7 Å². The predicted molar refractivity (Wildman–Crippen MR) is 364 cm³/mol. The molecule has 9 rings (SSSR count). The summed E-state index contributed by atoms with van der Waals surface area (Å²) >= 11 is 2.81. The third kappa shape index (κ3) is 20.6. The van der Waals surface area contributed by atoms with Crippen molar-refractivity contribution in [1.82, 2.24) is 40.6 Å². The van der Waals surface area contributed by atoms with Gasteiger partial charge < -0.3 is 30.7 Å². The van der Waals surface area contributed by atoms with E-state index in [4.69, 9.17) is 15.0 Å². The van der Waals surface area contributed by atoms with Crippen molar-refractivity contribution in [2.45, 2.75) is 186 Å². The van der Waals surface area contributed by atoms with Gasteiger partial charge in [-0.05, 0) is 110 Å². The zero-order valence-corrected chi connectivity index (χ0v) is 56.2. The maximum atomic E-state index is 14.6. The Bertz CT molecular complexity index is 3840. The van der Waals surface area contributed by atoms with Gasteiger partial charge in [0, 0.05) is 73.8 Å². The Morgan fingerprint density at radius 3 is 2.12 bits per heavy atom. The first-order chi connectivity index (χ1) is 44.8. The number of carbonyl (C=O) groups is 5. The summed E-state index contributed by atoms with van der Waals surface area (Å²) in [5.41, 5.74) is 10.3. The summed E-state index contributed by atoms with van der Waals surface area (Å²) in [6.07, 6.45) is 15.2. The predicted octanol–water partition coefficient (Wildman–Crippen LogP) is 12.3. The second-order valence-electron chi connectivity index (χ2n) is 25.6. The molecule has 4 amide bonds. The molecule has 1 saturated heterocycles. The number of benzene rings is 4. The lowest BCUT2D eigenvalue weighted by molar-refractivity contribution is -0.144. The molecule has 7 aromatic rings. The number of amides is 4. The standard InChI is InChI=1S/C72H87N9O9S3/c1-49-66(92-48-76-49)55-35-31-53(32-36-55)44-75-68(84)62-43-57(90-46-54-23-16-14-17-24-54)45-80(62)69(85)67(72(2,3)4)78-64(83)28-19-11-9-7-5-6-8-10-18-27-63(82)74-39-20-13-12-15-22-50-25-21-26-56(40-50)65-59(41-51-33-37-58(38-34-51)93(73,88)89)61(42-52-29-30-52)81(79-65)71-77-60(47-91-71)70(86)87/h14,16-17,21,23-26,31-38,40,47-48,52,57,62,67H,5-13,18-20,27-30,39,41-46H2,1-4H3,(H,74,82)(H,75,84)(H,78,83)(H,86,87)(H2,73,88,89)/t57-,62+,67-/m1/s1. The molecular weight excluding hydrogens is 1230 g/mol. The highest BCUT2D eigenvalue weighted by Crippen LogP contribution is 2.39. The number of aromatic nitrogens is 4. The summed E-state index contributed by atoms with van der Waals surface area (Å²) in [5, 5.41) is 31.3. The first kappa shape index (κ1) is 69.5. The van der Waals surface area contributed by atoms with Crippen LogP contribution in [0.1, 0.15) is 180 Å². The average molecular weight is 1320 g/mol. The largest absolute Gasteiger partial charge is 0.476 e. The van der Waals surface area contributed by atoms with Crippen LogP contribution in [0.25, 0.3) is 26.8 Å². The van der Waals surface area contributed by atoms with Gasteiger partial charge in [0.15, 0.2) is 5.69 Å². The number of rotatable bonds is 33. The number of aromatic carboxylic acids is 1. The third-order valence-electron chi connectivity index (χ3n) is 17.0. The van der Waals surface area contributed by atoms with Crippen LogP contribution in [0.2, 0.25) is 0 Å². The number of carboxylic acid groups (broad SMARTS) is 1. The minimum absolute atomic E-state index is 0.0275. The van der Waals surface area contributed by atoms with E-state index < -0.39 is 33.5 Å². The van der Waals surface area contributed by atoms with E-state index >= 15 is 0 Å². The van der Waals surface area contributed by atoms with Gasteiger partial charge >= 0.3 is 5.97 Å². The number of primary sulfonamides is 1. The summed E-state index contributed by atoms with van der Waals surface area (Å²) in [4.78, 5) is 78.1. The van der Waals surface area contributed by atoms with Crippen molar-refractivity contribution in [3.05, 3.63) is 159 Å². The lowest BCUT2D eigenvalue weighted by Crippen LogP contribution is -2.57. The van der Waals surface area contributed by atoms with Crippen LogP contribution < -0.4 is 21.1 Å². The van der Waals surface area contributed by atoms with Gasteiger partial charge in [0.1, 0.15) is 12.1 Å². The molecule has 4 aromatic carbocycles. The van der Waals surface area contributed by atoms with Gasteiger partial charge in [-0.3, -0.25) is 19.2 Å². The molecule has 4 heterocycles. The maximum absolute atomic E-state index is 14.6. The van der Waals surface area contributed by atoms with Crippen LogP contribution in [0, 0.1) is 30.1 Å². The molecule has 3 aromatic heterocycles. The normalized spacial score (nSPS) is 15.1. The van der Waals surface area contributed by atoms with E-state index in [2.05, 4.69) is 37.8 Å². The van der Waals surface area contributed by atoms with Crippen molar-refractivity contribution in [3.63, 3.8) is 0 Å². The molecule has 18 nitrogen and oxygen atoms in total. The Balaban J connectivity index is 0.653. The molecule has 0 bridgehead atoms. The minimum Gasteiger partial charge on any atom is -0.476 e. The molecule has 6 N–H and O–H groups in total. The van der Waals surface area contributed by atoms with Gasteiger partial charge in [0.05, 0.1) is 45.1 Å². The lowest BCUT2D eigenvalue weighted by Gasteiger charge is -2.35. The molecule has 1 saturated carbocycles.